The Kier molecular flexibility index (Phi) is 4.12. The Morgan fingerprint density at radius 2 is 1.80 bits per heavy atom. The largest absolute Gasteiger partial charge is 0.301 e. The van der Waals surface area contributed by atoms with Gasteiger partial charge in [0.25, 0.3) is 0 Å². The second-order valence-corrected chi connectivity index (χ2v) is 5.67. The van der Waals surface area contributed by atoms with E-state index >= 15 is 0 Å². The number of anilines is 1. The smallest absolute Gasteiger partial charge is 0.271 e. The van der Waals surface area contributed by atoms with Crippen LogP contribution in [0.3, 0.4) is 0 Å². The van der Waals surface area contributed by atoms with Crippen LogP contribution in [0.4, 0.5) is 5.69 Å². The minimum absolute atomic E-state index is 0.563. The van der Waals surface area contributed by atoms with Gasteiger partial charge in [-0.2, -0.15) is 12.7 Å². The van der Waals surface area contributed by atoms with E-state index in [2.05, 4.69) is 20.7 Å². The average molecular weight is 293 g/mol. The van der Waals surface area contributed by atoms with Crippen molar-refractivity contribution in [2.24, 2.45) is 0 Å². The number of hydrogen-bond donors (Lipinski definition) is 1. The number of nitrogens with zero attached hydrogens (tertiary/aromatic N) is 1. The first-order valence-electron chi connectivity index (χ1n) is 4.31. The molecular weight excluding hydrogens is 280 g/mol. The van der Waals surface area contributed by atoms with Gasteiger partial charge in [-0.3, -0.25) is 4.72 Å². The molecule has 0 aliphatic carbocycles. The van der Waals surface area contributed by atoms with Crippen LogP contribution in [0.15, 0.2) is 24.3 Å². The Labute approximate surface area is 98.6 Å². The molecule has 0 saturated carbocycles. The summed E-state index contributed by atoms with van der Waals surface area (Å²) >= 11 is 3.32. The van der Waals surface area contributed by atoms with Crippen molar-refractivity contribution in [2.45, 2.75) is 5.33 Å². The molecule has 15 heavy (non-hydrogen) atoms. The molecule has 1 aromatic carbocycles. The van der Waals surface area contributed by atoms with Crippen LogP contribution in [0.1, 0.15) is 5.56 Å². The van der Waals surface area contributed by atoms with Gasteiger partial charge in [0.05, 0.1) is 0 Å². The number of nitrogens with one attached hydrogen (secondary N) is 1. The molecule has 1 rings (SSSR count). The van der Waals surface area contributed by atoms with E-state index in [1.165, 1.54) is 14.1 Å². The molecule has 0 spiro atoms. The van der Waals surface area contributed by atoms with E-state index in [9.17, 15) is 8.42 Å². The van der Waals surface area contributed by atoms with Gasteiger partial charge >= 0.3 is 10.2 Å². The summed E-state index contributed by atoms with van der Waals surface area (Å²) in [4.78, 5) is 0. The first kappa shape index (κ1) is 12.5. The van der Waals surface area contributed by atoms with Crippen LogP contribution in [0.25, 0.3) is 0 Å². The predicted molar refractivity (Wildman–Crippen MR) is 65.3 cm³/mol. The Hall–Kier alpha value is -0.590. The summed E-state index contributed by atoms with van der Waals surface area (Å²) in [6.45, 7) is 0. The van der Waals surface area contributed by atoms with Gasteiger partial charge in [0, 0.05) is 25.1 Å². The molecule has 84 valence electrons. The van der Waals surface area contributed by atoms with Crippen LogP contribution in [-0.4, -0.2) is 26.8 Å². The third kappa shape index (κ3) is 3.48. The normalized spacial score (nSPS) is 11.7. The van der Waals surface area contributed by atoms with Crippen LogP contribution < -0.4 is 4.72 Å². The molecule has 0 amide bonds. The van der Waals surface area contributed by atoms with Crippen LogP contribution in [0.5, 0.6) is 0 Å². The van der Waals surface area contributed by atoms with Crippen LogP contribution in [0.2, 0.25) is 0 Å². The van der Waals surface area contributed by atoms with Crippen LogP contribution >= 0.6 is 15.9 Å². The molecule has 0 radical (unpaired) electrons. The molecule has 0 aromatic heterocycles. The minimum atomic E-state index is -3.40. The number of hydrogen-bond acceptors (Lipinski definition) is 2. The molecule has 4 nitrogen and oxygen atoms in total. The van der Waals surface area contributed by atoms with Crippen molar-refractivity contribution < 1.29 is 8.42 Å². The average Bonchev–Trinajstić information content (AvgIpc) is 2.18. The Morgan fingerprint density at radius 3 is 2.20 bits per heavy atom. The molecule has 0 saturated heterocycles. The third-order valence-electron chi connectivity index (χ3n) is 1.84. The zero-order chi connectivity index (χ0) is 11.5. The highest BCUT2D eigenvalue weighted by Crippen LogP contribution is 2.13. The zero-order valence-electron chi connectivity index (χ0n) is 8.57. The fraction of sp³-hybridized carbons (Fsp3) is 0.333. The predicted octanol–water partition coefficient (Wildman–Crippen LogP) is 1.80. The van der Waals surface area contributed by atoms with Gasteiger partial charge in [0.15, 0.2) is 0 Å². The van der Waals surface area contributed by atoms with E-state index in [1.807, 2.05) is 12.1 Å². The lowest BCUT2D eigenvalue weighted by atomic mass is 10.2. The third-order valence-corrected chi connectivity index (χ3v) is 3.94. The summed E-state index contributed by atoms with van der Waals surface area (Å²) in [5.41, 5.74) is 1.66. The molecule has 0 aliphatic rings. The lowest BCUT2D eigenvalue weighted by molar-refractivity contribution is 0.527. The highest BCUT2D eigenvalue weighted by atomic mass is 79.9. The molecule has 0 unspecified atom stereocenters. The Balaban J connectivity index is 2.82. The van der Waals surface area contributed by atoms with E-state index < -0.39 is 10.2 Å². The van der Waals surface area contributed by atoms with Crippen molar-refractivity contribution in [2.75, 3.05) is 18.8 Å². The van der Waals surface area contributed by atoms with Gasteiger partial charge in [-0.05, 0) is 17.7 Å². The number of alkyl halides is 1. The van der Waals surface area contributed by atoms with Crippen molar-refractivity contribution in [3.8, 4) is 0 Å². The maximum Gasteiger partial charge on any atom is 0.301 e. The van der Waals surface area contributed by atoms with E-state index in [0.29, 0.717) is 5.69 Å². The molecule has 1 N–H and O–H groups in total. The molecule has 0 aliphatic heterocycles. The zero-order valence-corrected chi connectivity index (χ0v) is 11.0. The highest BCUT2D eigenvalue weighted by molar-refractivity contribution is 9.08. The molecule has 6 heteroatoms. The van der Waals surface area contributed by atoms with Gasteiger partial charge in [-0.25, -0.2) is 0 Å². The second kappa shape index (κ2) is 4.96. The van der Waals surface area contributed by atoms with Crippen molar-refractivity contribution in [3.63, 3.8) is 0 Å². The van der Waals surface area contributed by atoms with Gasteiger partial charge in [-0.15, -0.1) is 0 Å². The summed E-state index contributed by atoms with van der Waals surface area (Å²) in [5, 5.41) is 0.758. The molecular formula is C9H13BrN2O2S. The standard InChI is InChI=1S/C9H13BrN2O2S/c1-12(2)15(13,14)11-9-5-3-8(7-10)4-6-9/h3-6,11H,7H2,1-2H3. The van der Waals surface area contributed by atoms with E-state index in [4.69, 9.17) is 0 Å². The van der Waals surface area contributed by atoms with Crippen molar-refractivity contribution in [1.82, 2.24) is 4.31 Å². The van der Waals surface area contributed by atoms with Crippen LogP contribution in [-0.2, 0) is 15.5 Å². The Morgan fingerprint density at radius 1 is 1.27 bits per heavy atom. The number of rotatable bonds is 4. The monoisotopic (exact) mass is 292 g/mol. The van der Waals surface area contributed by atoms with E-state index in [0.717, 1.165) is 15.2 Å². The molecule has 0 bridgehead atoms. The molecule has 1 aromatic rings. The maximum absolute atomic E-state index is 11.5. The van der Waals surface area contributed by atoms with E-state index in [-0.39, 0.29) is 0 Å². The fourth-order valence-electron chi connectivity index (χ4n) is 0.902. The lowest BCUT2D eigenvalue weighted by Gasteiger charge is -2.13. The summed E-state index contributed by atoms with van der Waals surface area (Å²) in [6, 6.07) is 7.19. The summed E-state index contributed by atoms with van der Waals surface area (Å²) < 4.78 is 26.5. The second-order valence-electron chi connectivity index (χ2n) is 3.22. The molecule has 0 fully saturated rings. The van der Waals surface area contributed by atoms with E-state index in [1.54, 1.807) is 12.1 Å². The van der Waals surface area contributed by atoms with Crippen molar-refractivity contribution in [1.29, 1.82) is 0 Å². The number of halogens is 1. The topological polar surface area (TPSA) is 49.4 Å². The lowest BCUT2D eigenvalue weighted by Crippen LogP contribution is -2.28. The van der Waals surface area contributed by atoms with Gasteiger partial charge in [0.1, 0.15) is 0 Å². The fourth-order valence-corrected chi connectivity index (χ4v) is 1.89. The summed E-state index contributed by atoms with van der Waals surface area (Å²) in [6.07, 6.45) is 0. The molecule has 0 heterocycles. The van der Waals surface area contributed by atoms with Gasteiger partial charge in [-0.1, -0.05) is 28.1 Å². The first-order chi connectivity index (χ1) is 6.95. The van der Waals surface area contributed by atoms with Gasteiger partial charge in [0.2, 0.25) is 0 Å². The SMILES string of the molecule is CN(C)S(=O)(=O)Nc1ccc(CBr)cc1. The summed E-state index contributed by atoms with van der Waals surface area (Å²) in [5.74, 6) is 0. The van der Waals surface area contributed by atoms with Gasteiger partial charge < -0.3 is 0 Å². The minimum Gasteiger partial charge on any atom is -0.271 e. The van der Waals surface area contributed by atoms with Crippen LogP contribution in [0, 0.1) is 0 Å². The summed E-state index contributed by atoms with van der Waals surface area (Å²) in [7, 11) is -0.437. The maximum atomic E-state index is 11.5. The first-order valence-corrected chi connectivity index (χ1v) is 6.87. The highest BCUT2D eigenvalue weighted by Gasteiger charge is 2.12. The number of benzene rings is 1. The quantitative estimate of drug-likeness (QED) is 0.861. The van der Waals surface area contributed by atoms with Crippen molar-refractivity contribution in [3.05, 3.63) is 29.8 Å². The van der Waals surface area contributed by atoms with Crippen molar-refractivity contribution >= 4 is 31.8 Å². The molecule has 0 atom stereocenters. The Bertz CT molecular complexity index is 414.